The highest BCUT2D eigenvalue weighted by atomic mass is 28.3. The molecule has 1 rings (SSSR count). The van der Waals surface area contributed by atoms with E-state index in [1.807, 2.05) is 12.1 Å². The molecule has 0 saturated heterocycles. The number of carbonyl (C=O) groups excluding carboxylic acids is 2. The van der Waals surface area contributed by atoms with E-state index in [2.05, 4.69) is 31.8 Å². The summed E-state index contributed by atoms with van der Waals surface area (Å²) < 4.78 is 10.0. The van der Waals surface area contributed by atoms with Gasteiger partial charge in [0.2, 0.25) is 5.54 Å². The zero-order valence-electron chi connectivity index (χ0n) is 18.9. The van der Waals surface area contributed by atoms with Crippen LogP contribution in [0, 0.1) is 0 Å². The highest BCUT2D eigenvalue weighted by molar-refractivity contribution is 6.76. The van der Waals surface area contributed by atoms with Gasteiger partial charge >= 0.3 is 11.9 Å². The molecule has 0 aliphatic carbocycles. The Morgan fingerprint density at radius 2 is 1.34 bits per heavy atom. The van der Waals surface area contributed by atoms with Crippen molar-refractivity contribution in [3.8, 4) is 0 Å². The lowest BCUT2D eigenvalue weighted by Crippen LogP contribution is -2.57. The third-order valence-corrected chi connectivity index (χ3v) is 6.86. The molecule has 0 aromatic heterocycles. The summed E-state index contributed by atoms with van der Waals surface area (Å²) >= 11 is 0. The van der Waals surface area contributed by atoms with Crippen molar-refractivity contribution in [3.63, 3.8) is 0 Å². The van der Waals surface area contributed by atoms with Crippen LogP contribution >= 0.6 is 0 Å². The van der Waals surface area contributed by atoms with Gasteiger partial charge in [0.15, 0.2) is 0 Å². The number of hydrogen-bond acceptors (Lipinski definition) is 5. The van der Waals surface area contributed by atoms with Gasteiger partial charge in [0, 0.05) is 8.07 Å². The van der Waals surface area contributed by atoms with Gasteiger partial charge < -0.3 is 15.2 Å². The Morgan fingerprint density at radius 3 is 1.79 bits per heavy atom. The van der Waals surface area contributed by atoms with Crippen molar-refractivity contribution >= 4 is 20.0 Å². The maximum atomic E-state index is 12.2. The average molecular weight is 422 g/mol. The van der Waals surface area contributed by atoms with E-state index < -0.39 is 25.6 Å². The van der Waals surface area contributed by atoms with Crippen molar-refractivity contribution in [2.24, 2.45) is 5.73 Å². The topological polar surface area (TPSA) is 78.6 Å². The molecule has 0 saturated carbocycles. The number of nitrogens with two attached hydrogens (primary N) is 1. The molecule has 0 fully saturated rings. The number of esters is 2. The standard InChI is InChI=1S/C23H39NO4Si/c1-6-27-21(25)23(24,22(26)28-7-2)17-16-20-14-12-19(13-15-20)11-9-8-10-18-29(3,4)5/h12-15H,6-11,16-18,24H2,1-5H3. The Morgan fingerprint density at radius 1 is 0.862 bits per heavy atom. The van der Waals surface area contributed by atoms with Gasteiger partial charge in [-0.3, -0.25) is 0 Å². The molecule has 1 aromatic rings. The van der Waals surface area contributed by atoms with E-state index in [1.54, 1.807) is 13.8 Å². The fourth-order valence-corrected chi connectivity index (χ4v) is 4.49. The second-order valence-electron chi connectivity index (χ2n) is 8.85. The molecular formula is C23H39NO4Si. The quantitative estimate of drug-likeness (QED) is 0.220. The van der Waals surface area contributed by atoms with Crippen LogP contribution in [0.1, 0.15) is 50.7 Å². The Kier molecular flexibility index (Phi) is 10.6. The molecule has 164 valence electrons. The summed E-state index contributed by atoms with van der Waals surface area (Å²) in [5.41, 5.74) is 6.70. The molecule has 0 radical (unpaired) electrons. The summed E-state index contributed by atoms with van der Waals surface area (Å²) in [5.74, 6) is -1.46. The van der Waals surface area contributed by atoms with Crippen LogP contribution in [0.4, 0.5) is 0 Å². The van der Waals surface area contributed by atoms with Gasteiger partial charge in [-0.2, -0.15) is 0 Å². The number of rotatable bonds is 13. The van der Waals surface area contributed by atoms with Crippen molar-refractivity contribution in [1.82, 2.24) is 0 Å². The summed E-state index contributed by atoms with van der Waals surface area (Å²) in [6, 6.07) is 9.75. The molecule has 0 atom stereocenters. The van der Waals surface area contributed by atoms with E-state index in [9.17, 15) is 9.59 Å². The van der Waals surface area contributed by atoms with Crippen molar-refractivity contribution in [1.29, 1.82) is 0 Å². The predicted octanol–water partition coefficient (Wildman–Crippen LogP) is 4.49. The second kappa shape index (κ2) is 12.1. The maximum Gasteiger partial charge on any atom is 0.337 e. The summed E-state index contributed by atoms with van der Waals surface area (Å²) in [6.45, 7) is 11.0. The van der Waals surface area contributed by atoms with Gasteiger partial charge in [0.25, 0.3) is 0 Å². The van der Waals surface area contributed by atoms with Gasteiger partial charge in [-0.25, -0.2) is 9.59 Å². The molecule has 0 aliphatic rings. The van der Waals surface area contributed by atoms with E-state index in [4.69, 9.17) is 15.2 Å². The molecule has 0 spiro atoms. The highest BCUT2D eigenvalue weighted by Crippen LogP contribution is 2.19. The predicted molar refractivity (Wildman–Crippen MR) is 121 cm³/mol. The Balaban J connectivity index is 2.57. The third-order valence-electron chi connectivity index (χ3n) is 5.00. The van der Waals surface area contributed by atoms with Crippen LogP contribution in [-0.4, -0.2) is 38.8 Å². The molecular weight excluding hydrogens is 382 g/mol. The molecule has 5 nitrogen and oxygen atoms in total. The second-order valence-corrected chi connectivity index (χ2v) is 14.5. The van der Waals surface area contributed by atoms with Gasteiger partial charge in [-0.05, 0) is 50.7 Å². The average Bonchev–Trinajstić information content (AvgIpc) is 2.66. The van der Waals surface area contributed by atoms with Crippen LogP contribution in [-0.2, 0) is 31.9 Å². The smallest absolute Gasteiger partial charge is 0.337 e. The lowest BCUT2D eigenvalue weighted by atomic mass is 9.91. The van der Waals surface area contributed by atoms with Crippen molar-refractivity contribution in [3.05, 3.63) is 35.4 Å². The van der Waals surface area contributed by atoms with E-state index >= 15 is 0 Å². The Bertz CT molecular complexity index is 619. The summed E-state index contributed by atoms with van der Waals surface area (Å²) in [6.07, 6.45) is 5.56. The minimum absolute atomic E-state index is 0.153. The van der Waals surface area contributed by atoms with Crippen molar-refractivity contribution < 1.29 is 19.1 Å². The number of aryl methyl sites for hydroxylation is 2. The highest BCUT2D eigenvalue weighted by Gasteiger charge is 2.44. The molecule has 0 heterocycles. The fourth-order valence-electron chi connectivity index (χ4n) is 3.18. The minimum Gasteiger partial charge on any atom is -0.464 e. The first-order valence-corrected chi connectivity index (χ1v) is 14.5. The lowest BCUT2D eigenvalue weighted by molar-refractivity contribution is -0.164. The van der Waals surface area contributed by atoms with Crippen LogP contribution in [0.25, 0.3) is 0 Å². The monoisotopic (exact) mass is 421 g/mol. The van der Waals surface area contributed by atoms with Crippen LogP contribution in [0.15, 0.2) is 24.3 Å². The third kappa shape index (κ3) is 9.13. The number of benzene rings is 1. The summed E-state index contributed by atoms with van der Waals surface area (Å²) in [4.78, 5) is 24.5. The van der Waals surface area contributed by atoms with Crippen molar-refractivity contribution in [2.75, 3.05) is 13.2 Å². The Labute approximate surface area is 177 Å². The molecule has 0 amide bonds. The molecule has 2 N–H and O–H groups in total. The van der Waals surface area contributed by atoms with E-state index in [-0.39, 0.29) is 19.6 Å². The molecule has 29 heavy (non-hydrogen) atoms. The van der Waals surface area contributed by atoms with Gasteiger partial charge in [0.05, 0.1) is 13.2 Å². The van der Waals surface area contributed by atoms with Crippen LogP contribution in [0.5, 0.6) is 0 Å². The molecule has 0 bridgehead atoms. The SMILES string of the molecule is CCOC(=O)C(N)(CCc1ccc(CCCCC[Si](C)(C)C)cc1)C(=O)OCC. The molecule has 0 aliphatic heterocycles. The molecule has 0 unspecified atom stereocenters. The minimum atomic E-state index is -1.76. The van der Waals surface area contributed by atoms with Crippen LogP contribution in [0.3, 0.4) is 0 Å². The van der Waals surface area contributed by atoms with E-state index in [1.165, 1.54) is 30.9 Å². The molecule has 1 aromatic carbocycles. The van der Waals surface area contributed by atoms with Crippen LogP contribution in [0.2, 0.25) is 25.7 Å². The number of carbonyl (C=O) groups is 2. The first kappa shape index (κ1) is 25.4. The largest absolute Gasteiger partial charge is 0.464 e. The maximum absolute atomic E-state index is 12.2. The number of hydrogen-bond donors (Lipinski definition) is 1. The fraction of sp³-hybridized carbons (Fsp3) is 0.652. The normalized spacial score (nSPS) is 11.9. The first-order valence-electron chi connectivity index (χ1n) is 10.8. The first-order chi connectivity index (χ1) is 13.6. The van der Waals surface area contributed by atoms with Gasteiger partial charge in [0.1, 0.15) is 0 Å². The summed E-state index contributed by atoms with van der Waals surface area (Å²) in [7, 11) is -0.922. The molecule has 6 heteroatoms. The Hall–Kier alpha value is -1.66. The van der Waals surface area contributed by atoms with Gasteiger partial charge in [-0.15, -0.1) is 0 Å². The van der Waals surface area contributed by atoms with E-state index in [0.717, 1.165) is 12.0 Å². The number of ether oxygens (including phenoxy) is 2. The van der Waals surface area contributed by atoms with Crippen molar-refractivity contribution in [2.45, 2.75) is 83.6 Å². The van der Waals surface area contributed by atoms with Gasteiger partial charge in [-0.1, -0.05) is 62.8 Å². The van der Waals surface area contributed by atoms with Crippen LogP contribution < -0.4 is 5.73 Å². The zero-order valence-corrected chi connectivity index (χ0v) is 19.9. The lowest BCUT2D eigenvalue weighted by Gasteiger charge is -2.24. The van der Waals surface area contributed by atoms with E-state index in [0.29, 0.717) is 6.42 Å². The number of unbranched alkanes of at least 4 members (excludes halogenated alkanes) is 2. The zero-order chi connectivity index (χ0) is 21.9. The summed E-state index contributed by atoms with van der Waals surface area (Å²) in [5, 5.41) is 0.